The van der Waals surface area contributed by atoms with Gasteiger partial charge in [-0.1, -0.05) is 0 Å². The van der Waals surface area contributed by atoms with Crippen molar-refractivity contribution < 1.29 is 28.6 Å². The number of aliphatic carboxylic acids is 1. The Balaban J connectivity index is 1.67. The zero-order valence-corrected chi connectivity index (χ0v) is 13.7. The number of ether oxygens (including phenoxy) is 1. The van der Waals surface area contributed by atoms with E-state index in [0.717, 1.165) is 0 Å². The van der Waals surface area contributed by atoms with Crippen LogP contribution in [0.1, 0.15) is 23.4 Å². The molecule has 0 spiro atoms. The molecule has 0 radical (unpaired) electrons. The maximum atomic E-state index is 12.3. The van der Waals surface area contributed by atoms with E-state index in [4.69, 9.17) is 9.52 Å². The molecular weight excluding hydrogens is 328 g/mol. The first-order valence-corrected chi connectivity index (χ1v) is 7.88. The fraction of sp³-hybridized carbons (Fsp3) is 0.353. The molecule has 2 N–H and O–H groups in total. The molecule has 1 fully saturated rings. The van der Waals surface area contributed by atoms with Gasteiger partial charge in [0.05, 0.1) is 13.0 Å². The smallest absolute Gasteiger partial charge is 0.373 e. The number of likely N-dealkylation sites (tertiary alicyclic amines) is 1. The van der Waals surface area contributed by atoms with E-state index in [0.29, 0.717) is 42.6 Å². The van der Waals surface area contributed by atoms with E-state index in [9.17, 15) is 14.4 Å². The number of hydrogen-bond donors (Lipinski definition) is 2. The van der Waals surface area contributed by atoms with E-state index in [1.807, 2.05) is 0 Å². The highest BCUT2D eigenvalue weighted by Crippen LogP contribution is 2.24. The minimum Gasteiger partial charge on any atom is -0.481 e. The first-order valence-electron chi connectivity index (χ1n) is 7.88. The molecule has 2 heterocycles. The van der Waals surface area contributed by atoms with Gasteiger partial charge in [-0.15, -0.1) is 0 Å². The van der Waals surface area contributed by atoms with Gasteiger partial charge < -0.3 is 24.5 Å². The average Bonchev–Trinajstić information content (AvgIpc) is 3.04. The Morgan fingerprint density at radius 3 is 2.60 bits per heavy atom. The molecule has 2 amide bonds. The molecule has 8 heteroatoms. The van der Waals surface area contributed by atoms with Crippen LogP contribution in [0.5, 0.6) is 0 Å². The molecule has 0 bridgehead atoms. The number of carbonyl (C=O) groups is 3. The van der Waals surface area contributed by atoms with Crippen LogP contribution in [0.15, 0.2) is 28.7 Å². The molecule has 1 aromatic heterocycles. The van der Waals surface area contributed by atoms with Gasteiger partial charge in [-0.2, -0.15) is 0 Å². The van der Waals surface area contributed by atoms with E-state index in [2.05, 4.69) is 10.1 Å². The largest absolute Gasteiger partial charge is 0.481 e. The molecule has 1 aromatic carbocycles. The standard InChI is InChI=1S/C17H18N2O6/c1-24-16(22)14-9-11-8-12(2-3-13(11)25-14)18-17(23)19-6-4-10(5-7-19)15(20)21/h2-3,8-10H,4-7H2,1H3,(H,18,23)(H,20,21). The zero-order chi connectivity index (χ0) is 18.0. The zero-order valence-electron chi connectivity index (χ0n) is 13.7. The van der Waals surface area contributed by atoms with Crippen molar-refractivity contribution in [2.24, 2.45) is 5.92 Å². The normalized spacial score (nSPS) is 15.2. The number of furan rings is 1. The highest BCUT2D eigenvalue weighted by Gasteiger charge is 2.27. The number of amides is 2. The summed E-state index contributed by atoms with van der Waals surface area (Å²) in [5.74, 6) is -1.67. The predicted molar refractivity (Wildman–Crippen MR) is 88.5 cm³/mol. The second-order valence-electron chi connectivity index (χ2n) is 5.88. The van der Waals surface area contributed by atoms with Gasteiger partial charge in [-0.25, -0.2) is 9.59 Å². The number of methoxy groups -OCH3 is 1. The molecule has 132 valence electrons. The Labute approximate surface area is 143 Å². The van der Waals surface area contributed by atoms with Crippen LogP contribution in [0.3, 0.4) is 0 Å². The summed E-state index contributed by atoms with van der Waals surface area (Å²) in [6.07, 6.45) is 0.901. The molecule has 8 nitrogen and oxygen atoms in total. The number of anilines is 1. The Morgan fingerprint density at radius 1 is 1.24 bits per heavy atom. The van der Waals surface area contributed by atoms with Gasteiger partial charge in [-0.3, -0.25) is 4.79 Å². The Bertz CT molecular complexity index is 820. The summed E-state index contributed by atoms with van der Waals surface area (Å²) in [7, 11) is 1.27. The third-order valence-corrected chi connectivity index (χ3v) is 4.29. The monoisotopic (exact) mass is 346 g/mol. The third-order valence-electron chi connectivity index (χ3n) is 4.29. The number of rotatable bonds is 3. The van der Waals surface area contributed by atoms with Crippen LogP contribution in [0.4, 0.5) is 10.5 Å². The van der Waals surface area contributed by atoms with Gasteiger partial charge in [0, 0.05) is 24.2 Å². The number of nitrogens with zero attached hydrogens (tertiary/aromatic N) is 1. The molecular formula is C17H18N2O6. The molecule has 0 aliphatic carbocycles. The van der Waals surface area contributed by atoms with Crippen molar-refractivity contribution in [3.63, 3.8) is 0 Å². The van der Waals surface area contributed by atoms with Crippen LogP contribution in [0.25, 0.3) is 11.0 Å². The summed E-state index contributed by atoms with van der Waals surface area (Å²) in [5, 5.41) is 12.4. The number of benzene rings is 1. The van der Waals surface area contributed by atoms with Crippen LogP contribution < -0.4 is 5.32 Å². The lowest BCUT2D eigenvalue weighted by Gasteiger charge is -2.30. The summed E-state index contributed by atoms with van der Waals surface area (Å²) in [6.45, 7) is 0.812. The fourth-order valence-corrected chi connectivity index (χ4v) is 2.85. The number of piperidine rings is 1. The van der Waals surface area contributed by atoms with Gasteiger partial charge in [-0.05, 0) is 37.1 Å². The number of carbonyl (C=O) groups excluding carboxylic acids is 2. The summed E-state index contributed by atoms with van der Waals surface area (Å²) >= 11 is 0. The van der Waals surface area contributed by atoms with Crippen LogP contribution >= 0.6 is 0 Å². The number of esters is 1. The van der Waals surface area contributed by atoms with Crippen LogP contribution in [0, 0.1) is 5.92 Å². The van der Waals surface area contributed by atoms with Gasteiger partial charge in [0.2, 0.25) is 5.76 Å². The Hall–Kier alpha value is -3.03. The van der Waals surface area contributed by atoms with Crippen LogP contribution in [-0.4, -0.2) is 48.2 Å². The molecule has 1 saturated heterocycles. The predicted octanol–water partition coefficient (Wildman–Crippen LogP) is 2.55. The minimum absolute atomic E-state index is 0.0942. The van der Waals surface area contributed by atoms with Crippen molar-refractivity contribution in [3.8, 4) is 0 Å². The van der Waals surface area contributed by atoms with Crippen molar-refractivity contribution in [2.75, 3.05) is 25.5 Å². The highest BCUT2D eigenvalue weighted by atomic mass is 16.5. The van der Waals surface area contributed by atoms with Crippen molar-refractivity contribution in [2.45, 2.75) is 12.8 Å². The number of hydrogen-bond acceptors (Lipinski definition) is 5. The van der Waals surface area contributed by atoms with Gasteiger partial charge in [0.25, 0.3) is 0 Å². The molecule has 2 aromatic rings. The first kappa shape index (κ1) is 16.8. The minimum atomic E-state index is -0.813. The van der Waals surface area contributed by atoms with E-state index in [1.54, 1.807) is 29.2 Å². The van der Waals surface area contributed by atoms with Gasteiger partial charge in [0.1, 0.15) is 5.58 Å². The maximum absolute atomic E-state index is 12.3. The third kappa shape index (κ3) is 3.57. The number of carboxylic acids is 1. The lowest BCUT2D eigenvalue weighted by Crippen LogP contribution is -2.42. The van der Waals surface area contributed by atoms with Crippen LogP contribution in [-0.2, 0) is 9.53 Å². The quantitative estimate of drug-likeness (QED) is 0.827. The molecule has 3 rings (SSSR count). The molecule has 1 aliphatic heterocycles. The summed E-state index contributed by atoms with van der Waals surface area (Å²) < 4.78 is 9.99. The van der Waals surface area contributed by atoms with E-state index in [1.165, 1.54) is 7.11 Å². The number of carboxylic acid groups (broad SMARTS) is 1. The number of nitrogens with one attached hydrogen (secondary N) is 1. The lowest BCUT2D eigenvalue weighted by molar-refractivity contribution is -0.143. The van der Waals surface area contributed by atoms with E-state index < -0.39 is 11.9 Å². The van der Waals surface area contributed by atoms with Gasteiger partial charge in [0.15, 0.2) is 0 Å². The second-order valence-corrected chi connectivity index (χ2v) is 5.88. The lowest BCUT2D eigenvalue weighted by atomic mass is 9.97. The van der Waals surface area contributed by atoms with Crippen molar-refractivity contribution >= 4 is 34.6 Å². The Morgan fingerprint density at radius 2 is 1.96 bits per heavy atom. The Kier molecular flexibility index (Phi) is 4.60. The average molecular weight is 346 g/mol. The molecule has 0 unspecified atom stereocenters. The van der Waals surface area contributed by atoms with E-state index >= 15 is 0 Å². The van der Waals surface area contributed by atoms with Crippen molar-refractivity contribution in [1.29, 1.82) is 0 Å². The number of urea groups is 1. The summed E-state index contributed by atoms with van der Waals surface area (Å²) in [4.78, 5) is 36.4. The number of fused-ring (bicyclic) bond motifs is 1. The second kappa shape index (κ2) is 6.84. The SMILES string of the molecule is COC(=O)c1cc2cc(NC(=O)N3CCC(C(=O)O)CC3)ccc2o1. The van der Waals surface area contributed by atoms with Crippen LogP contribution in [0.2, 0.25) is 0 Å². The van der Waals surface area contributed by atoms with Crippen molar-refractivity contribution in [1.82, 2.24) is 4.90 Å². The van der Waals surface area contributed by atoms with Gasteiger partial charge >= 0.3 is 18.0 Å². The topological polar surface area (TPSA) is 109 Å². The molecule has 1 aliphatic rings. The van der Waals surface area contributed by atoms with Crippen molar-refractivity contribution in [3.05, 3.63) is 30.0 Å². The van der Waals surface area contributed by atoms with E-state index in [-0.39, 0.29) is 17.7 Å². The molecule has 0 atom stereocenters. The fourth-order valence-electron chi connectivity index (χ4n) is 2.85. The molecule has 25 heavy (non-hydrogen) atoms. The summed E-state index contributed by atoms with van der Waals surface area (Å²) in [6, 6.07) is 6.31. The molecule has 0 saturated carbocycles. The maximum Gasteiger partial charge on any atom is 0.373 e. The first-order chi connectivity index (χ1) is 12.0. The highest BCUT2D eigenvalue weighted by molar-refractivity contribution is 5.96. The summed E-state index contributed by atoms with van der Waals surface area (Å²) in [5.41, 5.74) is 1.08.